The highest BCUT2D eigenvalue weighted by molar-refractivity contribution is 6.34. The maximum absolute atomic E-state index is 13.3. The van der Waals surface area contributed by atoms with Crippen molar-refractivity contribution in [2.24, 2.45) is 0 Å². The van der Waals surface area contributed by atoms with E-state index < -0.39 is 11.4 Å². The van der Waals surface area contributed by atoms with Gasteiger partial charge in [-0.25, -0.2) is 13.6 Å². The SMILES string of the molecule is Cc1c(-c2cc(OCC(C)(O)c3ccc(F)cn3)c3c(Cl)cnn3c2)nnn1C1CCN(C#N)CC1. The van der Waals surface area contributed by atoms with E-state index in [4.69, 9.17) is 21.6 Å². The van der Waals surface area contributed by atoms with Gasteiger partial charge in [0.25, 0.3) is 0 Å². The third kappa shape index (κ3) is 4.45. The molecule has 1 atom stereocenters. The Balaban J connectivity index is 1.45. The van der Waals surface area contributed by atoms with Crippen LogP contribution < -0.4 is 4.74 Å². The second kappa shape index (κ2) is 9.37. The molecule has 1 unspecified atom stereocenters. The van der Waals surface area contributed by atoms with Crippen LogP contribution in [-0.2, 0) is 5.60 Å². The van der Waals surface area contributed by atoms with Gasteiger partial charge in [-0.2, -0.15) is 10.4 Å². The first-order valence-electron chi connectivity index (χ1n) is 11.5. The summed E-state index contributed by atoms with van der Waals surface area (Å²) in [5.74, 6) is -0.0939. The number of aromatic nitrogens is 6. The van der Waals surface area contributed by atoms with Gasteiger partial charge < -0.3 is 14.7 Å². The van der Waals surface area contributed by atoms with E-state index in [1.54, 1.807) is 28.6 Å². The van der Waals surface area contributed by atoms with Gasteiger partial charge in [-0.1, -0.05) is 16.8 Å². The highest BCUT2D eigenvalue weighted by atomic mass is 35.5. The highest BCUT2D eigenvalue weighted by Gasteiger charge is 2.28. The van der Waals surface area contributed by atoms with Crippen molar-refractivity contribution < 1.29 is 14.2 Å². The van der Waals surface area contributed by atoms with Gasteiger partial charge in [0.2, 0.25) is 0 Å². The summed E-state index contributed by atoms with van der Waals surface area (Å²) in [4.78, 5) is 5.72. The molecule has 0 amide bonds. The zero-order chi connectivity index (χ0) is 25.4. The van der Waals surface area contributed by atoms with Crippen molar-refractivity contribution in [3.63, 3.8) is 0 Å². The summed E-state index contributed by atoms with van der Waals surface area (Å²) in [5, 5.41) is 33.6. The summed E-state index contributed by atoms with van der Waals surface area (Å²) >= 11 is 6.38. The molecule has 0 saturated carbocycles. The van der Waals surface area contributed by atoms with Crippen molar-refractivity contribution in [2.75, 3.05) is 19.7 Å². The average Bonchev–Trinajstić information content (AvgIpc) is 3.45. The molecule has 1 fully saturated rings. The first kappa shape index (κ1) is 24.0. The minimum absolute atomic E-state index is 0.157. The van der Waals surface area contributed by atoms with Crippen LogP contribution in [0.4, 0.5) is 4.39 Å². The van der Waals surface area contributed by atoms with Gasteiger partial charge in [0, 0.05) is 24.8 Å². The monoisotopic (exact) mass is 510 g/mol. The quantitative estimate of drug-likeness (QED) is 0.392. The van der Waals surface area contributed by atoms with Crippen LogP contribution in [0.25, 0.3) is 16.8 Å². The van der Waals surface area contributed by atoms with Crippen molar-refractivity contribution in [1.29, 1.82) is 5.26 Å². The Labute approximate surface area is 211 Å². The lowest BCUT2D eigenvalue weighted by Crippen LogP contribution is -2.31. The number of nitriles is 1. The Bertz CT molecular complexity index is 1440. The average molecular weight is 511 g/mol. The van der Waals surface area contributed by atoms with E-state index in [0.717, 1.165) is 30.3 Å². The van der Waals surface area contributed by atoms with Crippen LogP contribution in [0, 0.1) is 24.2 Å². The van der Waals surface area contributed by atoms with Gasteiger partial charge in [0.15, 0.2) is 6.19 Å². The van der Waals surface area contributed by atoms with Crippen LogP contribution in [0.5, 0.6) is 5.75 Å². The normalized spacial score (nSPS) is 16.2. The Kier molecular flexibility index (Phi) is 6.24. The van der Waals surface area contributed by atoms with Crippen molar-refractivity contribution in [3.05, 3.63) is 59.0 Å². The topological polar surface area (TPSA) is 117 Å². The van der Waals surface area contributed by atoms with E-state index in [-0.39, 0.29) is 18.3 Å². The molecule has 1 aliphatic rings. The Morgan fingerprint density at radius 1 is 1.31 bits per heavy atom. The van der Waals surface area contributed by atoms with Gasteiger partial charge in [-0.3, -0.25) is 4.98 Å². The number of hydrogen-bond acceptors (Lipinski definition) is 8. The number of rotatable bonds is 6. The van der Waals surface area contributed by atoms with Crippen LogP contribution in [0.2, 0.25) is 5.02 Å². The molecule has 1 N–H and O–H groups in total. The molecule has 0 spiro atoms. The third-order valence-corrected chi connectivity index (χ3v) is 6.75. The van der Waals surface area contributed by atoms with E-state index in [1.807, 2.05) is 11.6 Å². The molecule has 1 aliphatic heterocycles. The van der Waals surface area contributed by atoms with Crippen molar-refractivity contribution in [1.82, 2.24) is 34.5 Å². The predicted molar refractivity (Wildman–Crippen MR) is 129 cm³/mol. The van der Waals surface area contributed by atoms with Crippen LogP contribution in [0.3, 0.4) is 0 Å². The number of pyridine rings is 2. The molecule has 1 saturated heterocycles. The number of halogens is 2. The smallest absolute Gasteiger partial charge is 0.179 e. The van der Waals surface area contributed by atoms with E-state index >= 15 is 0 Å². The minimum atomic E-state index is -1.48. The molecule has 0 radical (unpaired) electrons. The molecule has 36 heavy (non-hydrogen) atoms. The maximum atomic E-state index is 13.3. The number of fused-ring (bicyclic) bond motifs is 1. The lowest BCUT2D eigenvalue weighted by molar-refractivity contribution is 0.00420. The maximum Gasteiger partial charge on any atom is 0.179 e. The molecule has 0 aromatic carbocycles. The second-order valence-electron chi connectivity index (χ2n) is 9.09. The zero-order valence-electron chi connectivity index (χ0n) is 19.8. The van der Waals surface area contributed by atoms with Gasteiger partial charge in [0.05, 0.1) is 34.8 Å². The van der Waals surface area contributed by atoms with Crippen molar-refractivity contribution >= 4 is 17.1 Å². The first-order chi connectivity index (χ1) is 17.3. The number of aliphatic hydroxyl groups is 1. The van der Waals surface area contributed by atoms with Crippen molar-refractivity contribution in [2.45, 2.75) is 38.3 Å². The minimum Gasteiger partial charge on any atom is -0.488 e. The summed E-state index contributed by atoms with van der Waals surface area (Å²) in [6, 6.07) is 4.60. The summed E-state index contributed by atoms with van der Waals surface area (Å²) in [7, 11) is 0. The highest BCUT2D eigenvalue weighted by Crippen LogP contribution is 2.34. The second-order valence-corrected chi connectivity index (χ2v) is 9.50. The fourth-order valence-electron chi connectivity index (χ4n) is 4.44. The summed E-state index contributed by atoms with van der Waals surface area (Å²) < 4.78 is 22.8. The first-order valence-corrected chi connectivity index (χ1v) is 11.9. The summed E-state index contributed by atoms with van der Waals surface area (Å²) in [6.07, 6.45) is 8.18. The Morgan fingerprint density at radius 3 is 2.78 bits per heavy atom. The Hall–Kier alpha value is -3.75. The van der Waals surface area contributed by atoms with Gasteiger partial charge in [-0.05, 0) is 44.9 Å². The number of nitrogens with zero attached hydrogens (tertiary/aromatic N) is 8. The summed E-state index contributed by atoms with van der Waals surface area (Å²) in [6.45, 7) is 4.72. The molecule has 4 aromatic rings. The number of hydrogen-bond donors (Lipinski definition) is 1. The van der Waals surface area contributed by atoms with E-state index in [0.29, 0.717) is 35.1 Å². The molecule has 4 aromatic heterocycles. The zero-order valence-corrected chi connectivity index (χ0v) is 20.5. The molecule has 5 rings (SSSR count). The lowest BCUT2D eigenvalue weighted by Gasteiger charge is -2.28. The molecule has 12 heteroatoms. The van der Waals surface area contributed by atoms with Gasteiger partial charge in [0.1, 0.15) is 35.0 Å². The predicted octanol–water partition coefficient (Wildman–Crippen LogP) is 3.49. The Morgan fingerprint density at radius 2 is 2.08 bits per heavy atom. The van der Waals surface area contributed by atoms with Gasteiger partial charge in [-0.15, -0.1) is 5.10 Å². The molecule has 0 aliphatic carbocycles. The molecular weight excluding hydrogens is 487 g/mol. The number of likely N-dealkylation sites (tertiary alicyclic amines) is 1. The molecule has 10 nitrogen and oxygen atoms in total. The van der Waals surface area contributed by atoms with Crippen LogP contribution in [-0.4, -0.2) is 59.3 Å². The lowest BCUT2D eigenvalue weighted by atomic mass is 10.0. The molecule has 0 bridgehead atoms. The van der Waals surface area contributed by atoms with Crippen LogP contribution in [0.1, 0.15) is 37.2 Å². The fourth-order valence-corrected chi connectivity index (χ4v) is 4.66. The van der Waals surface area contributed by atoms with Gasteiger partial charge >= 0.3 is 0 Å². The van der Waals surface area contributed by atoms with E-state index in [2.05, 4.69) is 26.6 Å². The number of piperidine rings is 1. The molecule has 5 heterocycles. The van der Waals surface area contributed by atoms with E-state index in [1.165, 1.54) is 18.3 Å². The standard InChI is InChI=1S/C24H24ClFN8O2/c1-15-22(30-31-34(15)18-5-7-32(14-27)8-6-18)16-9-20(23-19(25)11-29-33(23)12-16)36-13-24(2,35)21-4-3-17(26)10-28-21/h3-4,9-12,18,35H,5-8,13H2,1-2H3. The fraction of sp³-hybridized carbons (Fsp3) is 0.375. The van der Waals surface area contributed by atoms with Crippen LogP contribution >= 0.6 is 11.6 Å². The van der Waals surface area contributed by atoms with Crippen LogP contribution in [0.15, 0.2) is 36.8 Å². The van der Waals surface area contributed by atoms with Crippen molar-refractivity contribution in [3.8, 4) is 23.2 Å². The molecule has 186 valence electrons. The summed E-state index contributed by atoms with van der Waals surface area (Å²) in [5.41, 5.74) is 1.61. The molecular formula is C24H24ClFN8O2. The van der Waals surface area contributed by atoms with E-state index in [9.17, 15) is 9.50 Å². The largest absolute Gasteiger partial charge is 0.488 e. The third-order valence-electron chi connectivity index (χ3n) is 6.47. The number of ether oxygens (including phenoxy) is 1.